The zero-order valence-corrected chi connectivity index (χ0v) is 13.8. The number of halogens is 1. The molecule has 1 saturated heterocycles. The van der Waals surface area contributed by atoms with Crippen molar-refractivity contribution in [2.24, 2.45) is 0 Å². The first-order chi connectivity index (χ1) is 10.5. The molecule has 1 N–H and O–H groups in total. The lowest BCUT2D eigenvalue weighted by Gasteiger charge is -2.36. The first-order valence-electron chi connectivity index (χ1n) is 7.76. The Morgan fingerprint density at radius 1 is 1.18 bits per heavy atom. The van der Waals surface area contributed by atoms with Gasteiger partial charge in [0.1, 0.15) is 5.82 Å². The lowest BCUT2D eigenvalue weighted by Crippen LogP contribution is -2.48. The molecule has 0 saturated carbocycles. The summed E-state index contributed by atoms with van der Waals surface area (Å²) >= 11 is 6.21. The molecule has 1 aromatic heterocycles. The van der Waals surface area contributed by atoms with E-state index in [1.165, 1.54) is 0 Å². The molecule has 0 aliphatic carbocycles. The second-order valence-electron chi connectivity index (χ2n) is 6.05. The van der Waals surface area contributed by atoms with Crippen molar-refractivity contribution in [1.29, 1.82) is 0 Å². The summed E-state index contributed by atoms with van der Waals surface area (Å²) in [6, 6.07) is 8.14. The van der Waals surface area contributed by atoms with Crippen molar-refractivity contribution in [2.45, 2.75) is 20.0 Å². The second-order valence-corrected chi connectivity index (χ2v) is 6.46. The van der Waals surface area contributed by atoms with Gasteiger partial charge in [0.2, 0.25) is 0 Å². The molecule has 0 amide bonds. The Bertz CT molecular complexity index is 666. The molecule has 0 radical (unpaired) electrons. The van der Waals surface area contributed by atoms with Crippen molar-refractivity contribution in [3.8, 4) is 0 Å². The number of fused-ring (bicyclic) bond motifs is 1. The molecule has 118 valence electrons. The van der Waals surface area contributed by atoms with Gasteiger partial charge in [0.15, 0.2) is 0 Å². The number of rotatable bonds is 3. The van der Waals surface area contributed by atoms with Gasteiger partial charge in [-0.2, -0.15) is 0 Å². The standard InChI is InChI=1S/C17H22ClN3O/c1-12(22)11-20-7-9-21(10-8-20)16-6-4-14-3-5-15(18)13(2)17(14)19-16/h3-6,12,22H,7-11H2,1-2H3/t12-/m1/s1. The monoisotopic (exact) mass is 319 g/mol. The third-order valence-electron chi connectivity index (χ3n) is 4.25. The molecule has 1 fully saturated rings. The van der Waals surface area contributed by atoms with E-state index in [4.69, 9.17) is 16.6 Å². The number of aliphatic hydroxyl groups excluding tert-OH is 1. The molecular weight excluding hydrogens is 298 g/mol. The van der Waals surface area contributed by atoms with Crippen molar-refractivity contribution < 1.29 is 5.11 Å². The highest BCUT2D eigenvalue weighted by Crippen LogP contribution is 2.26. The van der Waals surface area contributed by atoms with Crippen molar-refractivity contribution in [2.75, 3.05) is 37.6 Å². The van der Waals surface area contributed by atoms with E-state index in [0.29, 0.717) is 0 Å². The largest absolute Gasteiger partial charge is 0.392 e. The number of hydrogen-bond acceptors (Lipinski definition) is 4. The van der Waals surface area contributed by atoms with Crippen molar-refractivity contribution in [3.05, 3.63) is 34.9 Å². The molecule has 1 aromatic carbocycles. The van der Waals surface area contributed by atoms with Crippen LogP contribution in [0.2, 0.25) is 5.02 Å². The summed E-state index contributed by atoms with van der Waals surface area (Å²) in [4.78, 5) is 9.42. The Morgan fingerprint density at radius 3 is 2.55 bits per heavy atom. The fraction of sp³-hybridized carbons (Fsp3) is 0.471. The number of piperazine rings is 1. The average Bonchev–Trinajstić information content (AvgIpc) is 2.51. The first kappa shape index (κ1) is 15.5. The summed E-state index contributed by atoms with van der Waals surface area (Å²) < 4.78 is 0. The Hall–Kier alpha value is -1.36. The maximum atomic E-state index is 9.48. The van der Waals surface area contributed by atoms with Gasteiger partial charge in [-0.1, -0.05) is 17.7 Å². The first-order valence-corrected chi connectivity index (χ1v) is 8.13. The predicted octanol–water partition coefficient (Wildman–Crippen LogP) is 2.70. The molecule has 4 nitrogen and oxygen atoms in total. The third kappa shape index (κ3) is 3.19. The second kappa shape index (κ2) is 6.41. The summed E-state index contributed by atoms with van der Waals surface area (Å²) in [5, 5.41) is 11.4. The smallest absolute Gasteiger partial charge is 0.129 e. The SMILES string of the molecule is Cc1c(Cl)ccc2ccc(N3CCN(C[C@@H](C)O)CC3)nc12. The van der Waals surface area contributed by atoms with Gasteiger partial charge in [-0.3, -0.25) is 4.90 Å². The Balaban J connectivity index is 1.78. The van der Waals surface area contributed by atoms with E-state index in [1.807, 2.05) is 26.0 Å². The van der Waals surface area contributed by atoms with Crippen molar-refractivity contribution in [1.82, 2.24) is 9.88 Å². The van der Waals surface area contributed by atoms with Crippen LogP contribution < -0.4 is 4.90 Å². The number of hydrogen-bond donors (Lipinski definition) is 1. The minimum absolute atomic E-state index is 0.268. The number of aliphatic hydroxyl groups is 1. The number of aryl methyl sites for hydroxylation is 1. The van der Waals surface area contributed by atoms with Gasteiger partial charge < -0.3 is 10.0 Å². The van der Waals surface area contributed by atoms with Crippen LogP contribution in [-0.4, -0.2) is 53.8 Å². The normalized spacial score (nSPS) is 17.9. The molecule has 1 aliphatic rings. The average molecular weight is 320 g/mol. The molecule has 1 aliphatic heterocycles. The van der Waals surface area contributed by atoms with Crippen LogP contribution >= 0.6 is 11.6 Å². The van der Waals surface area contributed by atoms with Crippen LogP contribution in [-0.2, 0) is 0 Å². The zero-order valence-electron chi connectivity index (χ0n) is 13.1. The van der Waals surface area contributed by atoms with E-state index in [2.05, 4.69) is 21.9 Å². The maximum absolute atomic E-state index is 9.48. The van der Waals surface area contributed by atoms with Gasteiger partial charge in [0, 0.05) is 43.1 Å². The van der Waals surface area contributed by atoms with E-state index >= 15 is 0 Å². The molecule has 22 heavy (non-hydrogen) atoms. The van der Waals surface area contributed by atoms with Crippen LogP contribution in [0.25, 0.3) is 10.9 Å². The molecule has 5 heteroatoms. The van der Waals surface area contributed by atoms with Crippen LogP contribution in [0, 0.1) is 6.92 Å². The fourth-order valence-electron chi connectivity index (χ4n) is 3.00. The van der Waals surface area contributed by atoms with E-state index in [1.54, 1.807) is 0 Å². The molecule has 3 rings (SSSR count). The summed E-state index contributed by atoms with van der Waals surface area (Å²) in [5.74, 6) is 1.01. The van der Waals surface area contributed by atoms with Gasteiger partial charge >= 0.3 is 0 Å². The summed E-state index contributed by atoms with van der Waals surface area (Å²) in [7, 11) is 0. The zero-order chi connectivity index (χ0) is 15.7. The topological polar surface area (TPSA) is 39.6 Å². The van der Waals surface area contributed by atoms with Crippen LogP contribution in [0.3, 0.4) is 0 Å². The quantitative estimate of drug-likeness (QED) is 0.944. The van der Waals surface area contributed by atoms with Gasteiger partial charge in [-0.05, 0) is 37.6 Å². The van der Waals surface area contributed by atoms with Gasteiger partial charge in [0.25, 0.3) is 0 Å². The number of benzene rings is 1. The summed E-state index contributed by atoms with van der Waals surface area (Å²) in [6.45, 7) is 8.38. The number of anilines is 1. The Morgan fingerprint density at radius 2 is 1.86 bits per heavy atom. The number of nitrogens with zero attached hydrogens (tertiary/aromatic N) is 3. The predicted molar refractivity (Wildman–Crippen MR) is 91.8 cm³/mol. The fourth-order valence-corrected chi connectivity index (χ4v) is 3.16. The minimum Gasteiger partial charge on any atom is -0.392 e. The van der Waals surface area contributed by atoms with E-state index in [0.717, 1.165) is 60.0 Å². The molecule has 2 heterocycles. The van der Waals surface area contributed by atoms with Crippen LogP contribution in [0.1, 0.15) is 12.5 Å². The molecular formula is C17H22ClN3O. The highest BCUT2D eigenvalue weighted by Gasteiger charge is 2.19. The van der Waals surface area contributed by atoms with Crippen LogP contribution in [0.15, 0.2) is 24.3 Å². The number of aromatic nitrogens is 1. The highest BCUT2D eigenvalue weighted by molar-refractivity contribution is 6.32. The lowest BCUT2D eigenvalue weighted by molar-refractivity contribution is 0.122. The van der Waals surface area contributed by atoms with Gasteiger partial charge in [-0.25, -0.2) is 4.98 Å². The summed E-state index contributed by atoms with van der Waals surface area (Å²) in [6.07, 6.45) is -0.268. The van der Waals surface area contributed by atoms with Crippen LogP contribution in [0.5, 0.6) is 0 Å². The molecule has 2 aromatic rings. The molecule has 0 bridgehead atoms. The van der Waals surface area contributed by atoms with Gasteiger partial charge in [-0.15, -0.1) is 0 Å². The van der Waals surface area contributed by atoms with E-state index < -0.39 is 0 Å². The molecule has 1 atom stereocenters. The highest BCUT2D eigenvalue weighted by atomic mass is 35.5. The van der Waals surface area contributed by atoms with Crippen LogP contribution in [0.4, 0.5) is 5.82 Å². The number of pyridine rings is 1. The molecule has 0 spiro atoms. The van der Waals surface area contributed by atoms with Gasteiger partial charge in [0.05, 0.1) is 11.6 Å². The van der Waals surface area contributed by atoms with Crippen molar-refractivity contribution in [3.63, 3.8) is 0 Å². The van der Waals surface area contributed by atoms with Crippen molar-refractivity contribution >= 4 is 28.3 Å². The van der Waals surface area contributed by atoms with E-state index in [9.17, 15) is 5.11 Å². The van der Waals surface area contributed by atoms with E-state index in [-0.39, 0.29) is 6.10 Å². The maximum Gasteiger partial charge on any atom is 0.129 e. The lowest BCUT2D eigenvalue weighted by atomic mass is 10.1. The summed E-state index contributed by atoms with van der Waals surface area (Å²) in [5.41, 5.74) is 2.02. The third-order valence-corrected chi connectivity index (χ3v) is 4.66. The molecule has 0 unspecified atom stereocenters. The Kier molecular flexibility index (Phi) is 4.52. The minimum atomic E-state index is -0.268. The Labute approximate surface area is 136 Å². The number of β-amino-alcohol motifs (C(OH)–C–C–N with tert-alkyl or cyclic N) is 1.